The number of carbonyl (C=O) groups is 1. The van der Waals surface area contributed by atoms with Gasteiger partial charge in [0.1, 0.15) is 11.9 Å². The number of likely N-dealkylation sites (N-methyl/N-ethyl adjacent to an activating group) is 1. The molecule has 0 fully saturated rings. The molecular weight excluding hydrogens is 314 g/mol. The Morgan fingerprint density at radius 2 is 1.83 bits per heavy atom. The molecule has 0 saturated carbocycles. The molecule has 0 unspecified atom stereocenters. The number of carboxylic acid groups (broad SMARTS) is 1. The Kier molecular flexibility index (Phi) is 6.44. The third-order valence-corrected chi connectivity index (χ3v) is 3.77. The number of nitrogens with zero attached hydrogens (tertiary/aromatic N) is 1. The minimum atomic E-state index is -0.837. The molecule has 0 saturated heterocycles. The molecule has 0 amide bonds. The summed E-state index contributed by atoms with van der Waals surface area (Å²) in [5, 5.41) is 9.41. The largest absolute Gasteiger partial charge is 0.484 e. The molecule has 0 heterocycles. The SMILES string of the molecule is CN(CC[C@H](Oc1ccccc1Cl)c1ccccc1)CC(=O)O. The highest BCUT2D eigenvalue weighted by molar-refractivity contribution is 6.32. The highest BCUT2D eigenvalue weighted by Crippen LogP contribution is 2.30. The van der Waals surface area contributed by atoms with E-state index in [1.54, 1.807) is 18.0 Å². The van der Waals surface area contributed by atoms with Gasteiger partial charge in [-0.05, 0) is 24.7 Å². The Balaban J connectivity index is 2.10. The fourth-order valence-electron chi connectivity index (χ4n) is 2.30. The van der Waals surface area contributed by atoms with Gasteiger partial charge in [-0.15, -0.1) is 0 Å². The Morgan fingerprint density at radius 3 is 2.48 bits per heavy atom. The van der Waals surface area contributed by atoms with E-state index in [1.165, 1.54) is 0 Å². The maximum Gasteiger partial charge on any atom is 0.317 e. The average molecular weight is 334 g/mol. The molecule has 5 heteroatoms. The van der Waals surface area contributed by atoms with Gasteiger partial charge < -0.3 is 9.84 Å². The minimum Gasteiger partial charge on any atom is -0.484 e. The van der Waals surface area contributed by atoms with Crippen LogP contribution < -0.4 is 4.74 Å². The van der Waals surface area contributed by atoms with Crippen molar-refractivity contribution < 1.29 is 14.6 Å². The van der Waals surface area contributed by atoms with Crippen LogP contribution in [-0.2, 0) is 4.79 Å². The van der Waals surface area contributed by atoms with Crippen molar-refractivity contribution in [3.63, 3.8) is 0 Å². The molecule has 0 aliphatic carbocycles. The zero-order valence-corrected chi connectivity index (χ0v) is 13.7. The highest BCUT2D eigenvalue weighted by Gasteiger charge is 2.16. The lowest BCUT2D eigenvalue weighted by Crippen LogP contribution is -2.28. The van der Waals surface area contributed by atoms with E-state index in [0.29, 0.717) is 23.7 Å². The maximum atomic E-state index is 10.8. The Hall–Kier alpha value is -2.04. The molecule has 4 nitrogen and oxygen atoms in total. The Labute approximate surface area is 141 Å². The van der Waals surface area contributed by atoms with Gasteiger partial charge in [0.15, 0.2) is 0 Å². The van der Waals surface area contributed by atoms with Crippen LogP contribution in [0.3, 0.4) is 0 Å². The average Bonchev–Trinajstić information content (AvgIpc) is 2.53. The fourth-order valence-corrected chi connectivity index (χ4v) is 2.48. The zero-order chi connectivity index (χ0) is 16.7. The number of hydrogen-bond donors (Lipinski definition) is 1. The number of aliphatic carboxylic acids is 1. The molecule has 0 radical (unpaired) electrons. The Bertz CT molecular complexity index is 633. The van der Waals surface area contributed by atoms with Crippen molar-refractivity contribution in [1.29, 1.82) is 0 Å². The van der Waals surface area contributed by atoms with E-state index in [9.17, 15) is 4.79 Å². The highest BCUT2D eigenvalue weighted by atomic mass is 35.5. The molecule has 0 bridgehead atoms. The summed E-state index contributed by atoms with van der Waals surface area (Å²) >= 11 is 6.17. The summed E-state index contributed by atoms with van der Waals surface area (Å²) in [6.45, 7) is 0.615. The first-order chi connectivity index (χ1) is 11.1. The van der Waals surface area contributed by atoms with Crippen LogP contribution in [0, 0.1) is 0 Å². The molecule has 122 valence electrons. The lowest BCUT2D eigenvalue weighted by atomic mass is 10.1. The second kappa shape index (κ2) is 8.56. The van der Waals surface area contributed by atoms with E-state index in [2.05, 4.69) is 0 Å². The molecular formula is C18H20ClNO3. The predicted octanol–water partition coefficient (Wildman–Crippen LogP) is 3.87. The van der Waals surface area contributed by atoms with E-state index in [1.807, 2.05) is 48.5 Å². The summed E-state index contributed by atoms with van der Waals surface area (Å²) in [7, 11) is 1.78. The monoisotopic (exact) mass is 333 g/mol. The van der Waals surface area contributed by atoms with Gasteiger partial charge in [0.2, 0.25) is 0 Å². The van der Waals surface area contributed by atoms with Crippen molar-refractivity contribution in [1.82, 2.24) is 4.90 Å². The van der Waals surface area contributed by atoms with Crippen molar-refractivity contribution in [3.8, 4) is 5.75 Å². The number of benzene rings is 2. The molecule has 0 aliphatic rings. The normalized spacial score (nSPS) is 12.1. The van der Waals surface area contributed by atoms with Gasteiger partial charge in [-0.2, -0.15) is 0 Å². The summed E-state index contributed by atoms with van der Waals surface area (Å²) in [4.78, 5) is 12.5. The van der Waals surface area contributed by atoms with Crippen LogP contribution in [0.2, 0.25) is 5.02 Å². The topological polar surface area (TPSA) is 49.8 Å². The summed E-state index contributed by atoms with van der Waals surface area (Å²) in [6.07, 6.45) is 0.478. The quantitative estimate of drug-likeness (QED) is 0.796. The van der Waals surface area contributed by atoms with Gasteiger partial charge in [-0.25, -0.2) is 0 Å². The number of hydrogen-bond acceptors (Lipinski definition) is 3. The van der Waals surface area contributed by atoms with Gasteiger partial charge in [0.25, 0.3) is 0 Å². The molecule has 0 aliphatic heterocycles. The first-order valence-corrected chi connectivity index (χ1v) is 7.80. The molecule has 1 atom stereocenters. The van der Waals surface area contributed by atoms with E-state index < -0.39 is 5.97 Å². The van der Waals surface area contributed by atoms with Crippen molar-refractivity contribution in [2.45, 2.75) is 12.5 Å². The summed E-state index contributed by atoms with van der Waals surface area (Å²) < 4.78 is 6.08. The summed E-state index contributed by atoms with van der Waals surface area (Å²) in [5.41, 5.74) is 1.04. The van der Waals surface area contributed by atoms with Crippen molar-refractivity contribution in [3.05, 3.63) is 65.2 Å². The second-order valence-electron chi connectivity index (χ2n) is 5.37. The van der Waals surface area contributed by atoms with Crippen molar-refractivity contribution in [2.24, 2.45) is 0 Å². The molecule has 0 aromatic heterocycles. The van der Waals surface area contributed by atoms with E-state index in [-0.39, 0.29) is 12.6 Å². The van der Waals surface area contributed by atoms with E-state index in [0.717, 1.165) is 5.56 Å². The van der Waals surface area contributed by atoms with Crippen LogP contribution in [0.1, 0.15) is 18.1 Å². The van der Waals surface area contributed by atoms with E-state index >= 15 is 0 Å². The van der Waals surface area contributed by atoms with Crippen LogP contribution in [0.5, 0.6) is 5.75 Å². The number of halogens is 1. The number of rotatable bonds is 8. The molecule has 2 aromatic rings. The third-order valence-electron chi connectivity index (χ3n) is 3.46. The molecule has 2 aromatic carbocycles. The second-order valence-corrected chi connectivity index (χ2v) is 5.77. The van der Waals surface area contributed by atoms with Crippen molar-refractivity contribution in [2.75, 3.05) is 20.1 Å². The molecule has 0 spiro atoms. The molecule has 1 N–H and O–H groups in total. The minimum absolute atomic E-state index is 0.00754. The standard InChI is InChI=1S/C18H20ClNO3/c1-20(13-18(21)22)12-11-16(14-7-3-2-4-8-14)23-17-10-6-5-9-15(17)19/h2-10,16H,11-13H2,1H3,(H,21,22)/t16-/m0/s1. The van der Waals surface area contributed by atoms with Gasteiger partial charge in [-0.1, -0.05) is 54.1 Å². The summed E-state index contributed by atoms with van der Waals surface area (Å²) in [6, 6.07) is 17.2. The van der Waals surface area contributed by atoms with Crippen LogP contribution in [0.4, 0.5) is 0 Å². The lowest BCUT2D eigenvalue weighted by molar-refractivity contribution is -0.138. The fraction of sp³-hybridized carbons (Fsp3) is 0.278. The third kappa shape index (κ3) is 5.58. The number of ether oxygens (including phenoxy) is 1. The van der Waals surface area contributed by atoms with Gasteiger partial charge >= 0.3 is 5.97 Å². The smallest absolute Gasteiger partial charge is 0.317 e. The Morgan fingerprint density at radius 1 is 1.17 bits per heavy atom. The van der Waals surface area contributed by atoms with Crippen LogP contribution in [-0.4, -0.2) is 36.1 Å². The van der Waals surface area contributed by atoms with Gasteiger partial charge in [0, 0.05) is 13.0 Å². The van der Waals surface area contributed by atoms with Crippen LogP contribution in [0.15, 0.2) is 54.6 Å². The van der Waals surface area contributed by atoms with Gasteiger partial charge in [0.05, 0.1) is 11.6 Å². The first-order valence-electron chi connectivity index (χ1n) is 7.42. The summed E-state index contributed by atoms with van der Waals surface area (Å²) in [5.74, 6) is -0.209. The predicted molar refractivity (Wildman–Crippen MR) is 91.0 cm³/mol. The first kappa shape index (κ1) is 17.3. The van der Waals surface area contributed by atoms with Crippen molar-refractivity contribution >= 4 is 17.6 Å². The lowest BCUT2D eigenvalue weighted by Gasteiger charge is -2.23. The number of para-hydroxylation sites is 1. The zero-order valence-electron chi connectivity index (χ0n) is 13.0. The van der Waals surface area contributed by atoms with E-state index in [4.69, 9.17) is 21.4 Å². The molecule has 23 heavy (non-hydrogen) atoms. The number of carboxylic acids is 1. The van der Waals surface area contributed by atoms with Crippen LogP contribution in [0.25, 0.3) is 0 Å². The molecule has 2 rings (SSSR count). The van der Waals surface area contributed by atoms with Gasteiger partial charge in [-0.3, -0.25) is 9.69 Å². The maximum absolute atomic E-state index is 10.8. The van der Waals surface area contributed by atoms with Crippen LogP contribution >= 0.6 is 11.6 Å².